The van der Waals surface area contributed by atoms with E-state index in [-0.39, 0.29) is 23.3 Å². The Hall–Kier alpha value is -5.92. The van der Waals surface area contributed by atoms with Gasteiger partial charge in [0, 0.05) is 14.6 Å². The van der Waals surface area contributed by atoms with Gasteiger partial charge in [-0.2, -0.15) is 0 Å². The Kier molecular flexibility index (Phi) is 10.7. The first kappa shape index (κ1) is 35.9. The second kappa shape index (κ2) is 15.5. The summed E-state index contributed by atoms with van der Waals surface area (Å²) in [6, 6.07) is 30.1. The molecule has 0 aliphatic heterocycles. The van der Waals surface area contributed by atoms with Gasteiger partial charge in [-0.15, -0.1) is 0 Å². The topological polar surface area (TPSA) is 145 Å². The first-order valence-electron chi connectivity index (χ1n) is 15.8. The van der Waals surface area contributed by atoms with Crippen LogP contribution in [0.4, 0.5) is 10.5 Å². The van der Waals surface area contributed by atoms with E-state index in [1.54, 1.807) is 42.5 Å². The SMILES string of the molecule is Cc1ccc(C(=O)O)cc1-n1cnc2ccc(Br)cc2c1=O.Cc1ccc(NC(=O)OCc2ccccc2)cc1-n1cnc2ccc(Br)cc2c1=O. The fraction of sp³-hybridized carbons (Fsp3) is 0.0769. The third kappa shape index (κ3) is 8.01. The van der Waals surface area contributed by atoms with E-state index in [4.69, 9.17) is 9.84 Å². The number of nitrogens with zero attached hydrogens (tertiary/aromatic N) is 4. The van der Waals surface area contributed by atoms with E-state index in [1.165, 1.54) is 33.9 Å². The van der Waals surface area contributed by atoms with Crippen molar-refractivity contribution in [1.82, 2.24) is 19.1 Å². The summed E-state index contributed by atoms with van der Waals surface area (Å²) in [4.78, 5) is 57.6. The van der Waals surface area contributed by atoms with Gasteiger partial charge < -0.3 is 9.84 Å². The van der Waals surface area contributed by atoms with Gasteiger partial charge in [0.05, 0.1) is 38.7 Å². The maximum Gasteiger partial charge on any atom is 0.411 e. The third-order valence-electron chi connectivity index (χ3n) is 8.08. The number of hydrogen-bond donors (Lipinski definition) is 2. The van der Waals surface area contributed by atoms with Gasteiger partial charge in [-0.1, -0.05) is 74.3 Å². The van der Waals surface area contributed by atoms with Crippen LogP contribution in [0, 0.1) is 13.8 Å². The number of carbonyl (C=O) groups excluding carboxylic acids is 1. The smallest absolute Gasteiger partial charge is 0.411 e. The number of aryl methyl sites for hydroxylation is 2. The number of ether oxygens (including phenoxy) is 1. The van der Waals surface area contributed by atoms with Crippen LogP contribution in [0.25, 0.3) is 33.2 Å². The number of carboxylic acid groups (broad SMARTS) is 1. The minimum atomic E-state index is -1.04. The van der Waals surface area contributed by atoms with Crippen molar-refractivity contribution in [2.75, 3.05) is 5.32 Å². The molecular weight excluding hydrogens is 794 g/mol. The summed E-state index contributed by atoms with van der Waals surface area (Å²) < 4.78 is 9.70. The van der Waals surface area contributed by atoms with Gasteiger partial charge in [-0.3, -0.25) is 24.0 Å². The van der Waals surface area contributed by atoms with E-state index in [0.29, 0.717) is 38.9 Å². The van der Waals surface area contributed by atoms with E-state index in [1.807, 2.05) is 62.4 Å². The normalized spacial score (nSPS) is 10.8. The summed E-state index contributed by atoms with van der Waals surface area (Å²) in [7, 11) is 0. The minimum Gasteiger partial charge on any atom is -0.478 e. The van der Waals surface area contributed by atoms with Crippen LogP contribution in [0.1, 0.15) is 27.0 Å². The number of halogens is 2. The molecule has 7 rings (SSSR count). The minimum absolute atomic E-state index is 0.127. The highest BCUT2D eigenvalue weighted by Crippen LogP contribution is 2.22. The summed E-state index contributed by atoms with van der Waals surface area (Å²) >= 11 is 6.73. The average molecular weight is 823 g/mol. The summed E-state index contributed by atoms with van der Waals surface area (Å²) in [5, 5.41) is 12.8. The molecular formula is C39H29Br2N5O6. The van der Waals surface area contributed by atoms with Crippen LogP contribution >= 0.6 is 31.9 Å². The number of aromatic carboxylic acids is 1. The monoisotopic (exact) mass is 821 g/mol. The van der Waals surface area contributed by atoms with Crippen molar-refractivity contribution in [1.29, 1.82) is 0 Å². The molecule has 0 aliphatic rings. The molecule has 260 valence electrons. The maximum absolute atomic E-state index is 13.0. The Balaban J connectivity index is 0.000000187. The number of hydrogen-bond acceptors (Lipinski definition) is 7. The molecule has 1 amide bonds. The number of carboxylic acids is 1. The lowest BCUT2D eigenvalue weighted by atomic mass is 10.1. The number of amides is 1. The number of nitrogens with one attached hydrogen (secondary N) is 1. The predicted octanol–water partition coefficient (Wildman–Crippen LogP) is 8.36. The summed E-state index contributed by atoms with van der Waals surface area (Å²) in [5.41, 5.74) is 5.15. The largest absolute Gasteiger partial charge is 0.478 e. The molecule has 2 aromatic heterocycles. The zero-order valence-electron chi connectivity index (χ0n) is 27.7. The van der Waals surface area contributed by atoms with Gasteiger partial charge in [-0.05, 0) is 91.2 Å². The van der Waals surface area contributed by atoms with Crippen LogP contribution < -0.4 is 16.4 Å². The highest BCUT2D eigenvalue weighted by molar-refractivity contribution is 9.10. The average Bonchev–Trinajstić information content (AvgIpc) is 3.13. The molecule has 2 heterocycles. The fourth-order valence-corrected chi connectivity index (χ4v) is 6.08. The molecule has 0 saturated carbocycles. The van der Waals surface area contributed by atoms with Crippen LogP contribution in [0.3, 0.4) is 0 Å². The van der Waals surface area contributed by atoms with Gasteiger partial charge in [0.2, 0.25) is 0 Å². The Bertz CT molecular complexity index is 2610. The van der Waals surface area contributed by atoms with E-state index in [2.05, 4.69) is 47.1 Å². The summed E-state index contributed by atoms with van der Waals surface area (Å²) in [6.07, 6.45) is 2.35. The fourth-order valence-electron chi connectivity index (χ4n) is 5.36. The van der Waals surface area contributed by atoms with Crippen molar-refractivity contribution in [2.24, 2.45) is 0 Å². The van der Waals surface area contributed by atoms with Crippen LogP contribution in [0.15, 0.2) is 134 Å². The molecule has 5 aromatic carbocycles. The van der Waals surface area contributed by atoms with E-state index in [9.17, 15) is 19.2 Å². The number of fused-ring (bicyclic) bond motifs is 2. The zero-order chi connectivity index (χ0) is 36.9. The van der Waals surface area contributed by atoms with Gasteiger partial charge in [0.1, 0.15) is 19.3 Å². The van der Waals surface area contributed by atoms with E-state index < -0.39 is 12.1 Å². The quantitative estimate of drug-likeness (QED) is 0.170. The molecule has 0 saturated heterocycles. The number of aromatic nitrogens is 4. The Morgan fingerprint density at radius 1 is 0.712 bits per heavy atom. The molecule has 0 bridgehead atoms. The lowest BCUT2D eigenvalue weighted by molar-refractivity contribution is 0.0696. The van der Waals surface area contributed by atoms with Crippen molar-refractivity contribution < 1.29 is 19.4 Å². The van der Waals surface area contributed by atoms with Crippen molar-refractivity contribution in [2.45, 2.75) is 20.5 Å². The molecule has 0 spiro atoms. The molecule has 13 heteroatoms. The second-order valence-corrected chi connectivity index (χ2v) is 13.5. The first-order valence-corrected chi connectivity index (χ1v) is 17.3. The Morgan fingerprint density at radius 2 is 1.25 bits per heavy atom. The highest BCUT2D eigenvalue weighted by atomic mass is 79.9. The second-order valence-electron chi connectivity index (χ2n) is 11.7. The molecule has 7 aromatic rings. The zero-order valence-corrected chi connectivity index (χ0v) is 30.9. The van der Waals surface area contributed by atoms with Crippen molar-refractivity contribution in [3.63, 3.8) is 0 Å². The molecule has 2 N–H and O–H groups in total. The van der Waals surface area contributed by atoms with Crippen molar-refractivity contribution in [3.05, 3.63) is 168 Å². The maximum atomic E-state index is 13.0. The predicted molar refractivity (Wildman–Crippen MR) is 207 cm³/mol. The molecule has 0 aliphatic carbocycles. The lowest BCUT2D eigenvalue weighted by Crippen LogP contribution is -2.20. The van der Waals surface area contributed by atoms with Crippen LogP contribution in [0.5, 0.6) is 0 Å². The van der Waals surface area contributed by atoms with Gasteiger partial charge in [0.15, 0.2) is 0 Å². The molecule has 0 radical (unpaired) electrons. The number of rotatable bonds is 6. The van der Waals surface area contributed by atoms with Crippen molar-refractivity contribution in [3.8, 4) is 11.4 Å². The summed E-state index contributed by atoms with van der Waals surface area (Å²) in [5.74, 6) is -1.04. The van der Waals surface area contributed by atoms with Crippen LogP contribution in [-0.2, 0) is 11.3 Å². The summed E-state index contributed by atoms with van der Waals surface area (Å²) in [6.45, 7) is 3.89. The molecule has 0 fully saturated rings. The first-order chi connectivity index (χ1) is 25.0. The number of carbonyl (C=O) groups is 2. The number of benzene rings is 5. The van der Waals surface area contributed by atoms with Crippen molar-refractivity contribution >= 4 is 71.4 Å². The van der Waals surface area contributed by atoms with Crippen LogP contribution in [-0.4, -0.2) is 36.3 Å². The van der Waals surface area contributed by atoms with Gasteiger partial charge in [0.25, 0.3) is 11.1 Å². The van der Waals surface area contributed by atoms with Crippen LogP contribution in [0.2, 0.25) is 0 Å². The Morgan fingerprint density at radius 3 is 1.81 bits per heavy atom. The van der Waals surface area contributed by atoms with E-state index >= 15 is 0 Å². The van der Waals surface area contributed by atoms with E-state index in [0.717, 1.165) is 25.6 Å². The standard InChI is InChI=1S/C23H18BrN3O3.C16H11BrN2O3/c1-15-7-9-18(26-23(29)30-13-16-5-3-2-4-6-16)12-21(15)27-14-25-20-10-8-17(24)11-19(20)22(27)28;1-9-2-3-10(16(21)22)6-14(9)19-8-18-13-5-4-11(17)7-12(13)15(19)20/h2-12,14H,13H2,1H3,(H,26,29);2-8H,1H3,(H,21,22). The molecule has 11 nitrogen and oxygen atoms in total. The Labute approximate surface area is 313 Å². The van der Waals surface area contributed by atoms with Gasteiger partial charge >= 0.3 is 12.1 Å². The molecule has 52 heavy (non-hydrogen) atoms. The van der Waals surface area contributed by atoms with Gasteiger partial charge in [-0.25, -0.2) is 19.6 Å². The third-order valence-corrected chi connectivity index (χ3v) is 9.07. The molecule has 0 unspecified atom stereocenters. The number of anilines is 1. The lowest BCUT2D eigenvalue weighted by Gasteiger charge is -2.13. The highest BCUT2D eigenvalue weighted by Gasteiger charge is 2.13. The molecule has 0 atom stereocenters.